The molecule has 0 radical (unpaired) electrons. The van der Waals surface area contributed by atoms with E-state index in [0.717, 1.165) is 12.8 Å². The third-order valence-corrected chi connectivity index (χ3v) is 3.22. The zero-order valence-corrected chi connectivity index (χ0v) is 16.7. The molecule has 0 spiro atoms. The first-order chi connectivity index (χ1) is 13.4. The molecule has 0 atom stereocenters. The van der Waals surface area contributed by atoms with E-state index in [2.05, 4.69) is 0 Å². The van der Waals surface area contributed by atoms with Gasteiger partial charge in [0.25, 0.3) is 0 Å². The number of hydrogen-bond donors (Lipinski definition) is 2. The SMILES string of the molecule is NCCCOCCOCCOCCOCCOCCOCCOCCCN. The molecule has 9 nitrogen and oxygen atoms in total. The van der Waals surface area contributed by atoms with Crippen molar-refractivity contribution in [3.8, 4) is 0 Å². The van der Waals surface area contributed by atoms with E-state index in [4.69, 9.17) is 44.6 Å². The highest BCUT2D eigenvalue weighted by molar-refractivity contribution is 4.39. The molecule has 0 saturated carbocycles. The molecule has 0 aromatic carbocycles. The van der Waals surface area contributed by atoms with Crippen molar-refractivity contribution in [1.29, 1.82) is 0 Å². The molecule has 0 rings (SSSR count). The Labute approximate surface area is 163 Å². The van der Waals surface area contributed by atoms with Gasteiger partial charge in [-0.1, -0.05) is 0 Å². The van der Waals surface area contributed by atoms with Gasteiger partial charge in [-0.05, 0) is 25.9 Å². The van der Waals surface area contributed by atoms with E-state index >= 15 is 0 Å². The predicted molar refractivity (Wildman–Crippen MR) is 103 cm³/mol. The molecule has 0 fully saturated rings. The molecule has 0 aliphatic heterocycles. The van der Waals surface area contributed by atoms with Gasteiger partial charge in [0.15, 0.2) is 0 Å². The zero-order valence-electron chi connectivity index (χ0n) is 16.7. The molecular weight excluding hydrogens is 356 g/mol. The minimum absolute atomic E-state index is 0.544. The van der Waals surface area contributed by atoms with Gasteiger partial charge in [-0.2, -0.15) is 0 Å². The Bertz CT molecular complexity index is 240. The monoisotopic (exact) mass is 396 g/mol. The van der Waals surface area contributed by atoms with Crippen molar-refractivity contribution in [3.05, 3.63) is 0 Å². The third kappa shape index (κ3) is 25.6. The average Bonchev–Trinajstić information content (AvgIpc) is 2.68. The maximum Gasteiger partial charge on any atom is 0.0701 e. The van der Waals surface area contributed by atoms with Crippen molar-refractivity contribution < 1.29 is 33.2 Å². The summed E-state index contributed by atoms with van der Waals surface area (Å²) in [6, 6.07) is 0. The highest BCUT2D eigenvalue weighted by Gasteiger charge is 1.94. The van der Waals surface area contributed by atoms with Crippen LogP contribution >= 0.6 is 0 Å². The van der Waals surface area contributed by atoms with Crippen LogP contribution in [-0.2, 0) is 33.2 Å². The first kappa shape index (κ1) is 26.6. The van der Waals surface area contributed by atoms with Crippen molar-refractivity contribution in [2.24, 2.45) is 11.5 Å². The summed E-state index contributed by atoms with van der Waals surface area (Å²) in [5.74, 6) is 0. The first-order valence-electron chi connectivity index (χ1n) is 9.86. The van der Waals surface area contributed by atoms with Gasteiger partial charge in [0.05, 0.1) is 79.3 Å². The van der Waals surface area contributed by atoms with Gasteiger partial charge in [-0.3, -0.25) is 0 Å². The van der Waals surface area contributed by atoms with Crippen LogP contribution in [0.5, 0.6) is 0 Å². The molecule has 0 saturated heterocycles. The normalized spacial score (nSPS) is 11.3. The lowest BCUT2D eigenvalue weighted by Gasteiger charge is -2.08. The van der Waals surface area contributed by atoms with E-state index in [-0.39, 0.29) is 0 Å². The van der Waals surface area contributed by atoms with E-state index in [1.54, 1.807) is 0 Å². The maximum atomic E-state index is 5.41. The summed E-state index contributed by atoms with van der Waals surface area (Å²) in [5.41, 5.74) is 10.7. The van der Waals surface area contributed by atoms with Crippen LogP contribution in [0.25, 0.3) is 0 Å². The highest BCUT2D eigenvalue weighted by Crippen LogP contribution is 1.86. The van der Waals surface area contributed by atoms with Crippen molar-refractivity contribution in [2.45, 2.75) is 12.8 Å². The van der Waals surface area contributed by atoms with Gasteiger partial charge in [0, 0.05) is 13.2 Å². The van der Waals surface area contributed by atoms with Crippen LogP contribution in [0.1, 0.15) is 12.8 Å². The van der Waals surface area contributed by atoms with E-state index in [1.807, 2.05) is 0 Å². The minimum Gasteiger partial charge on any atom is -0.379 e. The summed E-state index contributed by atoms with van der Waals surface area (Å²) in [4.78, 5) is 0. The molecule has 0 aliphatic carbocycles. The molecular formula is C18H40N2O7. The van der Waals surface area contributed by atoms with Crippen LogP contribution < -0.4 is 11.5 Å². The fourth-order valence-electron chi connectivity index (χ4n) is 1.79. The van der Waals surface area contributed by atoms with Crippen molar-refractivity contribution >= 4 is 0 Å². The number of rotatable bonds is 24. The summed E-state index contributed by atoms with van der Waals surface area (Å²) >= 11 is 0. The van der Waals surface area contributed by atoms with Gasteiger partial charge < -0.3 is 44.6 Å². The summed E-state index contributed by atoms with van der Waals surface area (Å²) in [7, 11) is 0. The standard InChI is InChI=1S/C18H40N2O7/c19-3-1-5-21-7-9-23-11-13-25-15-17-27-18-16-26-14-12-24-10-8-22-6-2-4-20/h1-20H2. The van der Waals surface area contributed by atoms with Crippen LogP contribution in [0.15, 0.2) is 0 Å². The lowest BCUT2D eigenvalue weighted by molar-refractivity contribution is -0.0205. The average molecular weight is 397 g/mol. The van der Waals surface area contributed by atoms with Crippen LogP contribution in [0.3, 0.4) is 0 Å². The molecule has 4 N–H and O–H groups in total. The summed E-state index contributed by atoms with van der Waals surface area (Å²) in [5, 5.41) is 0. The second-order valence-corrected chi connectivity index (χ2v) is 5.57. The number of nitrogens with two attached hydrogens (primary N) is 2. The van der Waals surface area contributed by atoms with Gasteiger partial charge in [0.2, 0.25) is 0 Å². The Kier molecular flexibility index (Phi) is 25.3. The Morgan fingerprint density at radius 3 is 0.667 bits per heavy atom. The van der Waals surface area contributed by atoms with Crippen LogP contribution in [0.4, 0.5) is 0 Å². The van der Waals surface area contributed by atoms with Gasteiger partial charge in [-0.15, -0.1) is 0 Å². The topological polar surface area (TPSA) is 117 Å². The van der Waals surface area contributed by atoms with Gasteiger partial charge in [-0.25, -0.2) is 0 Å². The smallest absolute Gasteiger partial charge is 0.0701 e. The molecule has 9 heteroatoms. The molecule has 0 aromatic rings. The molecule has 0 aromatic heterocycles. The fourth-order valence-corrected chi connectivity index (χ4v) is 1.79. The molecule has 0 unspecified atom stereocenters. The van der Waals surface area contributed by atoms with Crippen LogP contribution in [-0.4, -0.2) is 106 Å². The van der Waals surface area contributed by atoms with Crippen LogP contribution in [0.2, 0.25) is 0 Å². The highest BCUT2D eigenvalue weighted by atomic mass is 16.6. The van der Waals surface area contributed by atoms with Crippen molar-refractivity contribution in [2.75, 3.05) is 106 Å². The van der Waals surface area contributed by atoms with E-state index in [0.29, 0.717) is 106 Å². The molecule has 0 aliphatic rings. The Morgan fingerprint density at radius 1 is 0.296 bits per heavy atom. The second kappa shape index (κ2) is 25.6. The lowest BCUT2D eigenvalue weighted by Crippen LogP contribution is -2.15. The van der Waals surface area contributed by atoms with E-state index in [1.165, 1.54) is 0 Å². The third-order valence-electron chi connectivity index (χ3n) is 3.22. The van der Waals surface area contributed by atoms with E-state index < -0.39 is 0 Å². The van der Waals surface area contributed by atoms with Crippen molar-refractivity contribution in [1.82, 2.24) is 0 Å². The Balaban J connectivity index is 2.95. The van der Waals surface area contributed by atoms with Gasteiger partial charge in [0.1, 0.15) is 0 Å². The molecule has 27 heavy (non-hydrogen) atoms. The summed E-state index contributed by atoms with van der Waals surface area (Å²) < 4.78 is 37.6. The van der Waals surface area contributed by atoms with E-state index in [9.17, 15) is 0 Å². The lowest BCUT2D eigenvalue weighted by atomic mass is 10.5. The molecule has 0 heterocycles. The van der Waals surface area contributed by atoms with Crippen molar-refractivity contribution in [3.63, 3.8) is 0 Å². The fraction of sp³-hybridized carbons (Fsp3) is 1.00. The Hall–Kier alpha value is -0.360. The Morgan fingerprint density at radius 2 is 0.481 bits per heavy atom. The largest absolute Gasteiger partial charge is 0.379 e. The summed E-state index contributed by atoms with van der Waals surface area (Å²) in [6.07, 6.45) is 1.76. The predicted octanol–water partition coefficient (Wildman–Crippen LogP) is -0.200. The zero-order chi connectivity index (χ0) is 19.7. The number of ether oxygens (including phenoxy) is 7. The quantitative estimate of drug-likeness (QED) is 0.214. The minimum atomic E-state index is 0.544. The molecule has 164 valence electrons. The molecule has 0 amide bonds. The second-order valence-electron chi connectivity index (χ2n) is 5.57. The molecule has 0 bridgehead atoms. The van der Waals surface area contributed by atoms with Crippen LogP contribution in [0, 0.1) is 0 Å². The first-order valence-corrected chi connectivity index (χ1v) is 9.86. The maximum absolute atomic E-state index is 5.41. The van der Waals surface area contributed by atoms with Gasteiger partial charge >= 0.3 is 0 Å². The summed E-state index contributed by atoms with van der Waals surface area (Å²) in [6.45, 7) is 9.43. The number of hydrogen-bond acceptors (Lipinski definition) is 9.